The van der Waals surface area contributed by atoms with Crippen molar-refractivity contribution in [2.45, 2.75) is 144 Å². The number of carbonyl (C=O) groups is 2. The van der Waals surface area contributed by atoms with Gasteiger partial charge in [0.2, 0.25) is 5.91 Å². The van der Waals surface area contributed by atoms with Gasteiger partial charge in [-0.15, -0.1) is 22.7 Å². The zero-order valence-corrected chi connectivity index (χ0v) is 47.9. The van der Waals surface area contributed by atoms with Crippen molar-refractivity contribution >= 4 is 96.8 Å². The maximum atomic E-state index is 13.2. The van der Waals surface area contributed by atoms with E-state index in [0.29, 0.717) is 76.9 Å². The second-order valence-electron chi connectivity index (χ2n) is 21.4. The van der Waals surface area contributed by atoms with E-state index in [-0.39, 0.29) is 80.2 Å². The number of para-hydroxylation sites is 2. The summed E-state index contributed by atoms with van der Waals surface area (Å²) in [6.07, 6.45) is 2.55. The number of hydrogen-bond donors (Lipinski definition) is 1. The minimum Gasteiger partial charge on any atom is -0.444 e. The normalized spacial score (nSPS) is 15.6. The van der Waals surface area contributed by atoms with Crippen LogP contribution in [0.1, 0.15) is 121 Å². The lowest BCUT2D eigenvalue weighted by molar-refractivity contribution is -0.132. The van der Waals surface area contributed by atoms with Gasteiger partial charge >= 0.3 is 22.8 Å². The van der Waals surface area contributed by atoms with Gasteiger partial charge in [-0.05, 0) is 156 Å². The first-order valence-electron chi connectivity index (χ1n) is 23.9. The van der Waals surface area contributed by atoms with E-state index in [1.165, 1.54) is 33.3 Å². The molecule has 2 aliphatic heterocycles. The molecule has 2 saturated heterocycles. The quantitative estimate of drug-likeness (QED) is 0.118. The first-order valence-corrected chi connectivity index (χ1v) is 28.3. The van der Waals surface area contributed by atoms with Crippen molar-refractivity contribution in [3.63, 3.8) is 0 Å². The Morgan fingerprint density at radius 1 is 0.716 bits per heavy atom. The Hall–Kier alpha value is -4.02. The molecule has 0 aliphatic carbocycles. The highest BCUT2D eigenvalue weighted by molar-refractivity contribution is 9.11. The largest absolute Gasteiger partial charge is 0.446 e. The molecule has 22 heteroatoms. The Morgan fingerprint density at radius 2 is 1.19 bits per heavy atom. The molecular weight excluding hydrogens is 1130 g/mol. The summed E-state index contributed by atoms with van der Waals surface area (Å²) >= 11 is 12.8. The van der Waals surface area contributed by atoms with Crippen LogP contribution in [0.4, 0.5) is 31.1 Å². The number of carbonyl (C=O) groups excluding carboxylic acids is 2. The zero-order chi connectivity index (χ0) is 54.3. The summed E-state index contributed by atoms with van der Waals surface area (Å²) in [6, 6.07) is 17.3. The van der Waals surface area contributed by atoms with E-state index in [1.54, 1.807) is 34.1 Å². The summed E-state index contributed by atoms with van der Waals surface area (Å²) in [4.78, 5) is 53.9. The van der Waals surface area contributed by atoms with Gasteiger partial charge in [-0.2, -0.15) is 26.3 Å². The molecule has 400 valence electrons. The Balaban J connectivity index is 0.000000219. The zero-order valence-electron chi connectivity index (χ0n) is 42.3. The number of aromatic nitrogens is 4. The van der Waals surface area contributed by atoms with Crippen LogP contribution in [0, 0.1) is 0 Å². The van der Waals surface area contributed by atoms with E-state index in [1.807, 2.05) is 92.6 Å². The maximum absolute atomic E-state index is 13.2. The lowest BCUT2D eigenvalue weighted by atomic mass is 9.86. The van der Waals surface area contributed by atoms with Crippen LogP contribution in [0.25, 0.3) is 33.5 Å². The lowest BCUT2D eigenvalue weighted by Crippen LogP contribution is -2.41. The van der Waals surface area contributed by atoms with E-state index in [2.05, 4.69) is 20.9 Å². The van der Waals surface area contributed by atoms with Gasteiger partial charge in [0.05, 0.1) is 30.5 Å². The molecule has 2 amide bonds. The monoisotopic (exact) mass is 1190 g/mol. The second-order valence-corrected chi connectivity index (χ2v) is 27.6. The standard InChI is InChI=1S/C28H28BrF3N4O2S2.C24H30ClF3N2O2S2/c1-27(2,3)18-12-17(13-19(14-18)40-28(30,31)32)23-24(29)39-25(34-23)16-8-10-35(11-9-16)22(37)15-36-21-7-5-4-6-20(21)33-26(36)38;1-22(2,3)16-11-15(12-17(13-16)34-24(26,27)28)18-19(25)33-20(29-18)14-7-9-30(10-8-14)21(31)32-23(4,5)6/h4-7,12-14,16H,8-11,15H2,1-3H3,(H,33,38);11-14H,7-10H2,1-6H3. The van der Waals surface area contributed by atoms with Crippen LogP contribution in [-0.2, 0) is 26.9 Å². The molecule has 10 nitrogen and oxygen atoms in total. The molecule has 0 bridgehead atoms. The predicted octanol–water partition coefficient (Wildman–Crippen LogP) is 16.0. The summed E-state index contributed by atoms with van der Waals surface area (Å²) in [7, 11) is 0. The molecule has 6 aromatic rings. The van der Waals surface area contributed by atoms with Gasteiger partial charge in [0, 0.05) is 58.9 Å². The molecule has 0 spiro atoms. The molecule has 2 aliphatic rings. The van der Waals surface area contributed by atoms with Gasteiger partial charge in [0.1, 0.15) is 22.2 Å². The number of nitrogens with zero attached hydrogens (tertiary/aromatic N) is 5. The van der Waals surface area contributed by atoms with E-state index in [0.717, 1.165) is 37.8 Å². The van der Waals surface area contributed by atoms with Crippen molar-refractivity contribution in [1.82, 2.24) is 29.3 Å². The molecule has 0 radical (unpaired) electrons. The van der Waals surface area contributed by atoms with Crippen molar-refractivity contribution in [1.29, 1.82) is 0 Å². The van der Waals surface area contributed by atoms with Crippen molar-refractivity contribution in [2.24, 2.45) is 0 Å². The van der Waals surface area contributed by atoms with Crippen molar-refractivity contribution in [3.8, 4) is 22.5 Å². The minimum absolute atomic E-state index is 0.0250. The molecule has 1 N–H and O–H groups in total. The fraction of sp³-hybridized carbons (Fsp3) is 0.481. The topological polar surface area (TPSA) is 113 Å². The van der Waals surface area contributed by atoms with E-state index < -0.39 is 16.6 Å². The summed E-state index contributed by atoms with van der Waals surface area (Å²) in [6.45, 7) is 19.5. The van der Waals surface area contributed by atoms with Gasteiger partial charge < -0.3 is 19.5 Å². The number of benzene rings is 3. The smallest absolute Gasteiger partial charge is 0.444 e. The van der Waals surface area contributed by atoms with Crippen LogP contribution in [0.5, 0.6) is 0 Å². The predicted molar refractivity (Wildman–Crippen MR) is 290 cm³/mol. The second kappa shape index (κ2) is 22.5. The van der Waals surface area contributed by atoms with Crippen LogP contribution < -0.4 is 5.69 Å². The number of fused-ring (bicyclic) bond motifs is 1. The number of thiazole rings is 2. The van der Waals surface area contributed by atoms with Crippen LogP contribution in [0.2, 0.25) is 4.34 Å². The number of amides is 2. The van der Waals surface area contributed by atoms with Gasteiger partial charge in [-0.3, -0.25) is 9.36 Å². The number of alkyl halides is 6. The Labute approximate surface area is 456 Å². The molecule has 5 heterocycles. The number of halogens is 8. The average Bonchev–Trinajstić information content (AvgIpc) is 3.97. The number of thioether (sulfide) groups is 2. The molecule has 0 atom stereocenters. The minimum atomic E-state index is -4.38. The Morgan fingerprint density at radius 3 is 1.69 bits per heavy atom. The highest BCUT2D eigenvalue weighted by Crippen LogP contribution is 2.46. The average molecular weight is 1190 g/mol. The van der Waals surface area contributed by atoms with Crippen molar-refractivity contribution in [3.05, 3.63) is 100 Å². The van der Waals surface area contributed by atoms with Crippen LogP contribution in [-0.4, -0.2) is 84.1 Å². The lowest BCUT2D eigenvalue weighted by Gasteiger charge is -2.32. The maximum Gasteiger partial charge on any atom is 0.446 e. The fourth-order valence-electron chi connectivity index (χ4n) is 8.57. The Kier molecular flexibility index (Phi) is 17.6. The first-order chi connectivity index (χ1) is 34.3. The number of imidazole rings is 1. The molecule has 2 fully saturated rings. The third-order valence-corrected chi connectivity index (χ3v) is 17.1. The number of H-pyrrole nitrogens is 1. The highest BCUT2D eigenvalue weighted by Gasteiger charge is 2.34. The van der Waals surface area contributed by atoms with Gasteiger partial charge in [0.25, 0.3) is 0 Å². The third-order valence-electron chi connectivity index (χ3n) is 12.4. The summed E-state index contributed by atoms with van der Waals surface area (Å²) in [5, 5.41) is 1.74. The number of likely N-dealkylation sites (tertiary alicyclic amines) is 2. The van der Waals surface area contributed by atoms with Crippen molar-refractivity contribution in [2.75, 3.05) is 26.2 Å². The fourth-order valence-corrected chi connectivity index (χ4v) is 13.0. The molecule has 74 heavy (non-hydrogen) atoms. The van der Waals surface area contributed by atoms with Crippen LogP contribution >= 0.6 is 73.7 Å². The SMILES string of the molecule is CC(C)(C)OC(=O)N1CCC(c2nc(-c3cc(SC(F)(F)F)cc(C(C)(C)C)c3)c(Cl)s2)CC1.CC(C)(C)c1cc(SC(F)(F)F)cc(-c2nc(C3CCN(C(=O)Cn4c(=O)[nH]c5ccccc54)CC3)sc2Br)c1. The van der Waals surface area contributed by atoms with Gasteiger partial charge in [0.15, 0.2) is 0 Å². The summed E-state index contributed by atoms with van der Waals surface area (Å²) < 4.78 is 87.1. The number of aromatic amines is 1. The molecule has 0 unspecified atom stereocenters. The summed E-state index contributed by atoms with van der Waals surface area (Å²) in [5.74, 6) is 0.148. The van der Waals surface area contributed by atoms with E-state index in [9.17, 15) is 40.7 Å². The number of rotatable bonds is 8. The molecular formula is C52H58BrClF6N6O4S4. The third kappa shape index (κ3) is 15.1. The number of nitrogens with one attached hydrogen (secondary N) is 1. The molecule has 8 rings (SSSR count). The number of piperidine rings is 2. The number of ether oxygens (including phenoxy) is 1. The van der Waals surface area contributed by atoms with Crippen LogP contribution in [0.15, 0.2) is 79.0 Å². The van der Waals surface area contributed by atoms with Gasteiger partial charge in [-0.1, -0.05) is 65.3 Å². The van der Waals surface area contributed by atoms with E-state index in [4.69, 9.17) is 26.3 Å². The molecule has 0 saturated carbocycles. The molecule has 3 aromatic carbocycles. The van der Waals surface area contributed by atoms with E-state index >= 15 is 0 Å². The van der Waals surface area contributed by atoms with Crippen molar-refractivity contribution < 1.29 is 40.7 Å². The highest BCUT2D eigenvalue weighted by atomic mass is 79.9. The summed E-state index contributed by atoms with van der Waals surface area (Å²) in [5.41, 5.74) is -4.94. The number of hydrogen-bond acceptors (Lipinski definition) is 10. The molecule has 3 aromatic heterocycles. The van der Waals surface area contributed by atoms with Gasteiger partial charge in [-0.25, -0.2) is 19.6 Å². The first kappa shape index (κ1) is 57.7. The van der Waals surface area contributed by atoms with Crippen LogP contribution in [0.3, 0.4) is 0 Å². The Bertz CT molecular complexity index is 3040.